The summed E-state index contributed by atoms with van der Waals surface area (Å²) in [4.78, 5) is 0. The Kier molecular flexibility index (Phi) is 7.76. The van der Waals surface area contributed by atoms with Gasteiger partial charge in [0.25, 0.3) is 0 Å². The van der Waals surface area contributed by atoms with Crippen LogP contribution in [0.3, 0.4) is 0 Å². The molecule has 0 bridgehead atoms. The summed E-state index contributed by atoms with van der Waals surface area (Å²) in [6.07, 6.45) is 0. The molecule has 0 aromatic heterocycles. The van der Waals surface area contributed by atoms with Gasteiger partial charge in [-0.3, -0.25) is 0 Å². The summed E-state index contributed by atoms with van der Waals surface area (Å²) in [5.74, 6) is 0. The molecule has 0 unspecified atom stereocenters. The van der Waals surface area contributed by atoms with Gasteiger partial charge in [0.1, 0.15) is 0 Å². The third kappa shape index (κ3) is 240. The first kappa shape index (κ1) is 9.00. The molecule has 0 atom stereocenters. The quantitative estimate of drug-likeness (QED) is 0.337. The topological polar surface area (TPSA) is 0 Å². The van der Waals surface area contributed by atoms with Crippen LogP contribution < -0.4 is 0 Å². The zero-order valence-corrected chi connectivity index (χ0v) is 3.19. The van der Waals surface area contributed by atoms with Crippen LogP contribution >= 0.6 is 0 Å². The maximum Gasteiger partial charge on any atom is 0.154 e. The van der Waals surface area contributed by atoms with E-state index in [0.717, 1.165) is 0 Å². The molecule has 0 N–H and O–H groups in total. The van der Waals surface area contributed by atoms with Crippen LogP contribution in [0.5, 0.6) is 0 Å². The molecule has 0 saturated carbocycles. The fourth-order valence-electron chi connectivity index (χ4n) is 0. The second-order valence-electron chi connectivity index (χ2n) is 0.214. The molecule has 0 saturated heterocycles. The van der Waals surface area contributed by atoms with E-state index in [1.165, 1.54) is 0 Å². The van der Waals surface area contributed by atoms with E-state index in [0.29, 0.717) is 0 Å². The number of halogens is 3. The van der Waals surface area contributed by atoms with Crippen molar-refractivity contribution in [3.63, 3.8) is 0 Å². The summed E-state index contributed by atoms with van der Waals surface area (Å²) in [5, 5.41) is 0. The molecule has 0 nitrogen and oxygen atoms in total. The molecule has 4 heteroatoms. The second-order valence-corrected chi connectivity index (χ2v) is 0.214. The number of hydrogen-bond donors (Lipinski definition) is 0. The number of rotatable bonds is 0. The summed E-state index contributed by atoms with van der Waals surface area (Å²) in [6.45, 7) is -3.08. The first-order valence-electron chi connectivity index (χ1n) is 0.567. The van der Waals surface area contributed by atoms with Crippen LogP contribution in [-0.4, -0.2) is 0 Å². The summed E-state index contributed by atoms with van der Waals surface area (Å²) >= 11 is 0. The Hall–Kier alpha value is 0.309. The van der Waals surface area contributed by atoms with Crippen molar-refractivity contribution in [3.8, 4) is 0 Å². The van der Waals surface area contributed by atoms with Crippen LogP contribution in [-0.2, 0) is 17.1 Å². The third-order valence-corrected chi connectivity index (χ3v) is 0. The normalized spacial score (nSPS) is 7.20. The SMILES string of the molecule is F[C-](F)F.[Mn]. The van der Waals surface area contributed by atoms with Gasteiger partial charge in [0.05, 0.1) is 0 Å². The van der Waals surface area contributed by atoms with Crippen LogP contribution in [0.15, 0.2) is 0 Å². The van der Waals surface area contributed by atoms with Gasteiger partial charge < -0.3 is 13.2 Å². The average Bonchev–Trinajstić information content (AvgIpc) is 0.811. The Morgan fingerprint density at radius 1 is 1.00 bits per heavy atom. The average molecular weight is 124 g/mol. The van der Waals surface area contributed by atoms with Gasteiger partial charge in [-0.15, -0.1) is 0 Å². The maximum absolute atomic E-state index is 9.58. The standard InChI is InChI=1S/CF3.Mn/c2-1(3)4;/q-1;. The molecular formula is CF3Mn-. The molecule has 0 aromatic rings. The van der Waals surface area contributed by atoms with Crippen molar-refractivity contribution < 1.29 is 30.2 Å². The Labute approximate surface area is 37.8 Å². The molecule has 0 aromatic carbocycles. The van der Waals surface area contributed by atoms with Gasteiger partial charge in [-0.25, -0.2) is 0 Å². The van der Waals surface area contributed by atoms with E-state index in [1.54, 1.807) is 0 Å². The number of hydrogen-bond acceptors (Lipinski definition) is 0. The third-order valence-electron chi connectivity index (χ3n) is 0. The van der Waals surface area contributed by atoms with E-state index in [2.05, 4.69) is 0 Å². The van der Waals surface area contributed by atoms with E-state index in [4.69, 9.17) is 0 Å². The molecule has 5 heavy (non-hydrogen) atoms. The maximum atomic E-state index is 9.58. The predicted octanol–water partition coefficient (Wildman–Crippen LogP) is 1.34. The summed E-state index contributed by atoms with van der Waals surface area (Å²) in [7, 11) is 0. The molecule has 0 aliphatic heterocycles. The molecule has 0 aliphatic rings. The van der Waals surface area contributed by atoms with Gasteiger partial charge in [0.15, 0.2) is 6.68 Å². The zero-order valence-electron chi connectivity index (χ0n) is 2.01. The fourth-order valence-corrected chi connectivity index (χ4v) is 0. The van der Waals surface area contributed by atoms with Gasteiger partial charge in [-0.1, -0.05) is 0 Å². The summed E-state index contributed by atoms with van der Waals surface area (Å²) < 4.78 is 28.8. The molecule has 1 radical (unpaired) electrons. The molecule has 0 rings (SSSR count). The van der Waals surface area contributed by atoms with Gasteiger partial charge in [0, 0.05) is 17.1 Å². The molecule has 0 aliphatic carbocycles. The molecule has 0 fully saturated rings. The first-order chi connectivity index (χ1) is 1.73. The van der Waals surface area contributed by atoms with Crippen LogP contribution in [0, 0.1) is 6.68 Å². The van der Waals surface area contributed by atoms with Crippen molar-refractivity contribution in [1.29, 1.82) is 0 Å². The molecule has 0 amide bonds. The minimum Gasteiger partial charge on any atom is -0.385 e. The van der Waals surface area contributed by atoms with E-state index in [9.17, 15) is 13.2 Å². The first-order valence-corrected chi connectivity index (χ1v) is 0.567. The Balaban J connectivity index is 0. The van der Waals surface area contributed by atoms with Crippen LogP contribution in [0.4, 0.5) is 13.2 Å². The Morgan fingerprint density at radius 3 is 1.00 bits per heavy atom. The molecule has 0 spiro atoms. The van der Waals surface area contributed by atoms with Gasteiger partial charge >= 0.3 is 0 Å². The van der Waals surface area contributed by atoms with E-state index in [1.807, 2.05) is 0 Å². The molecular weight excluding hydrogens is 124 g/mol. The van der Waals surface area contributed by atoms with Crippen LogP contribution in [0.25, 0.3) is 0 Å². The van der Waals surface area contributed by atoms with Gasteiger partial charge in [-0.05, 0) is 0 Å². The molecule has 0 heterocycles. The van der Waals surface area contributed by atoms with Crippen molar-refractivity contribution in [3.05, 3.63) is 6.68 Å². The van der Waals surface area contributed by atoms with Crippen LogP contribution in [0.2, 0.25) is 0 Å². The minimum atomic E-state index is -3.08. The van der Waals surface area contributed by atoms with E-state index in [-0.39, 0.29) is 17.1 Å². The summed E-state index contributed by atoms with van der Waals surface area (Å²) in [5.41, 5.74) is 0. The van der Waals surface area contributed by atoms with Gasteiger partial charge in [-0.2, -0.15) is 0 Å². The Morgan fingerprint density at radius 2 is 1.00 bits per heavy atom. The van der Waals surface area contributed by atoms with E-state index < -0.39 is 6.68 Å². The largest absolute Gasteiger partial charge is 0.385 e. The second kappa shape index (κ2) is 4.31. The van der Waals surface area contributed by atoms with Gasteiger partial charge in [0.2, 0.25) is 0 Å². The molecule has 33 valence electrons. The minimum absolute atomic E-state index is 0. The van der Waals surface area contributed by atoms with Crippen molar-refractivity contribution in [1.82, 2.24) is 0 Å². The van der Waals surface area contributed by atoms with Crippen molar-refractivity contribution >= 4 is 0 Å². The summed E-state index contributed by atoms with van der Waals surface area (Å²) in [6, 6.07) is 0. The van der Waals surface area contributed by atoms with Crippen molar-refractivity contribution in [2.45, 2.75) is 0 Å². The van der Waals surface area contributed by atoms with Crippen molar-refractivity contribution in [2.75, 3.05) is 0 Å². The van der Waals surface area contributed by atoms with E-state index >= 15 is 0 Å². The zero-order chi connectivity index (χ0) is 3.58. The van der Waals surface area contributed by atoms with Crippen molar-refractivity contribution in [2.24, 2.45) is 0 Å². The fraction of sp³-hybridized carbons (Fsp3) is 0. The predicted molar refractivity (Wildman–Crippen MR) is 6.57 cm³/mol. The monoisotopic (exact) mass is 124 g/mol. The van der Waals surface area contributed by atoms with Crippen LogP contribution in [0.1, 0.15) is 0 Å². The Bertz CT molecular complexity index is 11.6. The smallest absolute Gasteiger partial charge is 0.154 e.